The Kier molecular flexibility index (Phi) is 9.90. The molecule has 3 aliphatic heterocycles. The minimum Gasteiger partial charge on any atom is -0.408 e. The average molecular weight is 854 g/mol. The number of carbonyl (C=O) groups is 4. The number of aromatic nitrogens is 5. The number of aliphatic hydroxyl groups is 1. The van der Waals surface area contributed by atoms with Crippen molar-refractivity contribution < 1.29 is 28.7 Å². The number of nitrogens with zero attached hydrogens (tertiary/aromatic N) is 9. The van der Waals surface area contributed by atoms with E-state index in [9.17, 15) is 34.3 Å². The third-order valence-corrected chi connectivity index (χ3v) is 13.3. The lowest BCUT2D eigenvalue weighted by Gasteiger charge is -2.45. The molecule has 0 spiro atoms. The van der Waals surface area contributed by atoms with E-state index in [1.165, 1.54) is 15.3 Å². The van der Waals surface area contributed by atoms with Crippen LogP contribution in [0, 0.1) is 17.2 Å². The monoisotopic (exact) mass is 853 g/mol. The zero-order chi connectivity index (χ0) is 43.7. The first-order valence-corrected chi connectivity index (χ1v) is 21.5. The van der Waals surface area contributed by atoms with Gasteiger partial charge in [0.25, 0.3) is 5.91 Å². The first-order chi connectivity index (χ1) is 30.3. The minimum atomic E-state index is -1.26. The van der Waals surface area contributed by atoms with Crippen molar-refractivity contribution in [1.82, 2.24) is 39.1 Å². The van der Waals surface area contributed by atoms with Crippen LogP contribution < -0.4 is 21.3 Å². The first kappa shape index (κ1) is 40.2. The van der Waals surface area contributed by atoms with Gasteiger partial charge in [0, 0.05) is 86.3 Å². The maximum Gasteiger partial charge on any atom is 0.420 e. The van der Waals surface area contributed by atoms with Crippen LogP contribution in [0.15, 0.2) is 70.1 Å². The van der Waals surface area contributed by atoms with Crippen LogP contribution in [-0.4, -0.2) is 108 Å². The summed E-state index contributed by atoms with van der Waals surface area (Å²) >= 11 is 0. The molecular weight excluding hydrogens is 807 g/mol. The molecular formula is C45H47N11O7. The van der Waals surface area contributed by atoms with Gasteiger partial charge < -0.3 is 24.6 Å². The summed E-state index contributed by atoms with van der Waals surface area (Å²) < 4.78 is 10.3. The number of piperidine rings is 1. The summed E-state index contributed by atoms with van der Waals surface area (Å²) in [4.78, 5) is 70.5. The zero-order valence-electron chi connectivity index (χ0n) is 35.0. The number of carbonyl (C=O) groups excluding carboxylic acids is 4. The van der Waals surface area contributed by atoms with E-state index >= 15 is 0 Å². The Morgan fingerprint density at radius 2 is 1.71 bits per heavy atom. The number of piperazine rings is 1. The third kappa shape index (κ3) is 7.40. The van der Waals surface area contributed by atoms with E-state index in [-0.39, 0.29) is 36.6 Å². The summed E-state index contributed by atoms with van der Waals surface area (Å²) in [5, 5.41) is 35.7. The van der Waals surface area contributed by atoms with Crippen molar-refractivity contribution >= 4 is 62.5 Å². The number of fused-ring (bicyclic) bond motifs is 3. The van der Waals surface area contributed by atoms with E-state index in [0.29, 0.717) is 71.3 Å². The van der Waals surface area contributed by atoms with E-state index in [2.05, 4.69) is 31.6 Å². The molecule has 7 heterocycles. The maximum atomic E-state index is 13.6. The van der Waals surface area contributed by atoms with E-state index in [1.807, 2.05) is 34.0 Å². The van der Waals surface area contributed by atoms with Gasteiger partial charge >= 0.3 is 5.76 Å². The molecule has 1 unspecified atom stereocenters. The third-order valence-electron chi connectivity index (χ3n) is 13.3. The van der Waals surface area contributed by atoms with Crippen LogP contribution in [-0.2, 0) is 20.0 Å². The molecule has 4 aliphatic rings. The van der Waals surface area contributed by atoms with Gasteiger partial charge in [-0.3, -0.25) is 38.6 Å². The van der Waals surface area contributed by atoms with Crippen LogP contribution in [0.1, 0.15) is 86.1 Å². The second-order valence-electron chi connectivity index (χ2n) is 17.8. The maximum absolute atomic E-state index is 13.6. The number of imide groups is 1. The summed E-state index contributed by atoms with van der Waals surface area (Å²) in [6, 6.07) is 16.0. The van der Waals surface area contributed by atoms with Gasteiger partial charge in [-0.05, 0) is 88.4 Å². The molecule has 1 atom stereocenters. The molecule has 2 aromatic carbocycles. The predicted molar refractivity (Wildman–Crippen MR) is 230 cm³/mol. The van der Waals surface area contributed by atoms with Crippen molar-refractivity contribution in [2.75, 3.05) is 49.5 Å². The highest BCUT2D eigenvalue weighted by Crippen LogP contribution is 2.36. The topological polar surface area (TPSA) is 216 Å². The Morgan fingerprint density at radius 3 is 2.44 bits per heavy atom. The Bertz CT molecular complexity index is 2930. The standard InChI is InChI=1S/C45H47N11O7/c1-45(2,62)33-20-34-27(18-35(33)48-42(59)38-10-8-32-17-26(21-46)22-47-56(32)38)25-54(50-34)30-5-3-29(4-6-30)51-13-15-52(16-14-51)43(60)28-23-53(24-28)31-7-9-36-39(19-31)63-44(61)55(36)37-11-12-40(57)49-41(37)58/h7-10,17-20,22,25,28-30,37,62H,3-6,11-16,23-24H2,1-2H3,(H,48,59)(H,49,57,58). The van der Waals surface area contributed by atoms with Crippen molar-refractivity contribution in [1.29, 1.82) is 5.26 Å². The number of oxazole rings is 1. The molecule has 3 N–H and O–H groups in total. The molecule has 18 nitrogen and oxygen atoms in total. The van der Waals surface area contributed by atoms with Crippen molar-refractivity contribution in [3.8, 4) is 6.07 Å². The SMILES string of the molecule is CC(C)(O)c1cc2nn(C3CCC(N4CCN(C(=O)C5CN(c6ccc7c(c6)oc(=O)n7C6CCC(=O)NC6=O)C5)CC4)CC3)cc2cc1NC(=O)c1ccc2cc(C#N)cnn12. The van der Waals surface area contributed by atoms with Gasteiger partial charge in [0.15, 0.2) is 5.58 Å². The number of hydrogen-bond donors (Lipinski definition) is 3. The predicted octanol–water partition coefficient (Wildman–Crippen LogP) is 3.69. The van der Waals surface area contributed by atoms with Gasteiger partial charge in [-0.15, -0.1) is 0 Å². The highest BCUT2D eigenvalue weighted by molar-refractivity contribution is 6.05. The zero-order valence-corrected chi connectivity index (χ0v) is 35.0. The molecule has 324 valence electrons. The molecule has 0 radical (unpaired) electrons. The minimum absolute atomic E-state index is 0.115. The number of nitriles is 1. The van der Waals surface area contributed by atoms with Crippen LogP contribution in [0.5, 0.6) is 0 Å². The fourth-order valence-corrected chi connectivity index (χ4v) is 9.85. The van der Waals surface area contributed by atoms with Crippen LogP contribution in [0.4, 0.5) is 11.4 Å². The van der Waals surface area contributed by atoms with Gasteiger partial charge in [0.05, 0.1) is 45.9 Å². The van der Waals surface area contributed by atoms with Gasteiger partial charge in [0.1, 0.15) is 17.8 Å². The molecule has 0 bridgehead atoms. The van der Waals surface area contributed by atoms with E-state index in [4.69, 9.17) is 9.52 Å². The van der Waals surface area contributed by atoms with Crippen LogP contribution >= 0.6 is 0 Å². The Labute approximate surface area is 360 Å². The lowest BCUT2D eigenvalue weighted by atomic mass is 9.89. The molecule has 3 saturated heterocycles. The molecule has 6 aromatic rings. The molecule has 63 heavy (non-hydrogen) atoms. The highest BCUT2D eigenvalue weighted by atomic mass is 16.4. The van der Waals surface area contributed by atoms with Gasteiger partial charge in [0.2, 0.25) is 17.7 Å². The molecule has 10 rings (SSSR count). The summed E-state index contributed by atoms with van der Waals surface area (Å²) in [6.07, 6.45) is 7.76. The van der Waals surface area contributed by atoms with Crippen molar-refractivity contribution in [3.63, 3.8) is 0 Å². The van der Waals surface area contributed by atoms with Crippen LogP contribution in [0.3, 0.4) is 0 Å². The molecule has 4 amide bonds. The number of anilines is 2. The Morgan fingerprint density at radius 1 is 0.952 bits per heavy atom. The van der Waals surface area contributed by atoms with Gasteiger partial charge in [-0.25, -0.2) is 9.31 Å². The second-order valence-corrected chi connectivity index (χ2v) is 17.8. The van der Waals surface area contributed by atoms with Crippen molar-refractivity contribution in [2.45, 2.75) is 76.1 Å². The fraction of sp³-hybridized carbons (Fsp3) is 0.422. The van der Waals surface area contributed by atoms with E-state index in [0.717, 1.165) is 55.4 Å². The van der Waals surface area contributed by atoms with E-state index in [1.54, 1.807) is 44.2 Å². The summed E-state index contributed by atoms with van der Waals surface area (Å²) in [5.41, 5.74) is 3.51. The lowest BCUT2D eigenvalue weighted by Crippen LogP contribution is -2.59. The molecule has 4 fully saturated rings. The smallest absolute Gasteiger partial charge is 0.408 e. The average Bonchev–Trinajstić information content (AvgIpc) is 3.97. The number of benzene rings is 2. The van der Waals surface area contributed by atoms with Crippen molar-refractivity contribution in [3.05, 3.63) is 88.3 Å². The summed E-state index contributed by atoms with van der Waals surface area (Å²) in [5.74, 6) is -1.85. The number of nitrogens with one attached hydrogen (secondary N) is 2. The molecule has 4 aromatic heterocycles. The number of rotatable bonds is 8. The summed E-state index contributed by atoms with van der Waals surface area (Å²) in [6.45, 7) is 7.52. The van der Waals surface area contributed by atoms with Crippen LogP contribution in [0.25, 0.3) is 27.5 Å². The fourth-order valence-electron chi connectivity index (χ4n) is 9.85. The van der Waals surface area contributed by atoms with Gasteiger partial charge in [-0.2, -0.15) is 15.5 Å². The molecule has 1 aliphatic carbocycles. The van der Waals surface area contributed by atoms with Crippen LogP contribution in [0.2, 0.25) is 0 Å². The summed E-state index contributed by atoms with van der Waals surface area (Å²) in [7, 11) is 0. The number of hydrogen-bond acceptors (Lipinski definition) is 12. The first-order valence-electron chi connectivity index (χ1n) is 21.5. The largest absolute Gasteiger partial charge is 0.420 e. The highest BCUT2D eigenvalue weighted by Gasteiger charge is 2.39. The normalized spacial score (nSPS) is 21.5. The Hall–Kier alpha value is -6.84. The lowest BCUT2D eigenvalue weighted by molar-refractivity contribution is -0.139. The number of amides is 4. The second kappa shape index (κ2) is 15.5. The quantitative estimate of drug-likeness (QED) is 0.187. The van der Waals surface area contributed by atoms with Crippen molar-refractivity contribution in [2.24, 2.45) is 5.92 Å². The van der Waals surface area contributed by atoms with E-state index < -0.39 is 29.2 Å². The van der Waals surface area contributed by atoms with Gasteiger partial charge in [-0.1, -0.05) is 0 Å². The molecule has 1 saturated carbocycles. The Balaban J connectivity index is 0.726. The molecule has 18 heteroatoms.